The molecule has 0 atom stereocenters. The minimum absolute atomic E-state index is 0.138. The summed E-state index contributed by atoms with van der Waals surface area (Å²) in [5.41, 5.74) is 4.07. The van der Waals surface area contributed by atoms with E-state index >= 15 is 0 Å². The maximum Gasteiger partial charge on any atom is 0.244 e. The third kappa shape index (κ3) is 4.67. The predicted octanol–water partition coefficient (Wildman–Crippen LogP) is 4.67. The van der Waals surface area contributed by atoms with E-state index in [1.165, 1.54) is 12.1 Å². The first-order chi connectivity index (χ1) is 13.5. The van der Waals surface area contributed by atoms with Crippen molar-refractivity contribution in [3.8, 4) is 0 Å². The van der Waals surface area contributed by atoms with Crippen LogP contribution in [0.3, 0.4) is 0 Å². The number of rotatable bonds is 6. The summed E-state index contributed by atoms with van der Waals surface area (Å²) >= 11 is 6.24. The first-order valence-electron chi connectivity index (χ1n) is 8.92. The second kappa shape index (κ2) is 8.85. The zero-order chi connectivity index (χ0) is 20.1. The van der Waals surface area contributed by atoms with Gasteiger partial charge in [-0.15, -0.1) is 0 Å². The fourth-order valence-corrected chi connectivity index (χ4v) is 3.13. The lowest BCUT2D eigenvalue weighted by molar-refractivity contribution is -0.116. The quantitative estimate of drug-likeness (QED) is 0.614. The molecule has 6 heteroatoms. The van der Waals surface area contributed by atoms with E-state index in [0.717, 1.165) is 22.5 Å². The molecule has 0 radical (unpaired) electrons. The van der Waals surface area contributed by atoms with Crippen LogP contribution >= 0.6 is 11.6 Å². The number of carbonyl (C=O) groups is 1. The monoisotopic (exact) mass is 397 g/mol. The summed E-state index contributed by atoms with van der Waals surface area (Å²) in [5, 5.41) is 7.94. The van der Waals surface area contributed by atoms with Crippen molar-refractivity contribution in [2.45, 2.75) is 26.9 Å². The molecule has 1 heterocycles. The van der Waals surface area contributed by atoms with E-state index in [0.29, 0.717) is 17.1 Å². The molecule has 0 aliphatic carbocycles. The number of aromatic nitrogens is 2. The van der Waals surface area contributed by atoms with Gasteiger partial charge in [0.15, 0.2) is 0 Å². The van der Waals surface area contributed by atoms with Gasteiger partial charge in [0.1, 0.15) is 5.82 Å². The Morgan fingerprint density at radius 3 is 2.54 bits per heavy atom. The summed E-state index contributed by atoms with van der Waals surface area (Å²) in [7, 11) is 0. The SMILES string of the molecule is Cc1nn(Cc2ccccc2Cl)c(C)c1/C=C/C(=O)NCc1ccccc1F. The first kappa shape index (κ1) is 19.8. The standard InChI is InChI=1S/C22H21ClFN3O/c1-15-19(11-12-22(28)25-13-17-7-4-6-10-21(17)24)16(2)27(26-15)14-18-8-3-5-9-20(18)23/h3-12H,13-14H2,1-2H3,(H,25,28)/b12-11+. The van der Waals surface area contributed by atoms with E-state index in [1.54, 1.807) is 24.3 Å². The molecule has 0 saturated heterocycles. The minimum atomic E-state index is -0.334. The average Bonchev–Trinajstić information content (AvgIpc) is 2.94. The summed E-state index contributed by atoms with van der Waals surface area (Å²) in [5.74, 6) is -0.625. The van der Waals surface area contributed by atoms with Crippen LogP contribution in [0.15, 0.2) is 54.6 Å². The van der Waals surface area contributed by atoms with Gasteiger partial charge < -0.3 is 5.32 Å². The molecular weight excluding hydrogens is 377 g/mol. The molecule has 144 valence electrons. The van der Waals surface area contributed by atoms with Gasteiger partial charge in [0, 0.05) is 34.5 Å². The van der Waals surface area contributed by atoms with E-state index in [9.17, 15) is 9.18 Å². The number of halogens is 2. The lowest BCUT2D eigenvalue weighted by atomic mass is 10.1. The summed E-state index contributed by atoms with van der Waals surface area (Å²) in [6.45, 7) is 4.54. The van der Waals surface area contributed by atoms with E-state index in [4.69, 9.17) is 11.6 Å². The molecule has 0 bridgehead atoms. The van der Waals surface area contributed by atoms with Crippen molar-refractivity contribution in [2.24, 2.45) is 0 Å². The number of amides is 1. The molecule has 0 saturated carbocycles. The highest BCUT2D eigenvalue weighted by Crippen LogP contribution is 2.20. The maximum absolute atomic E-state index is 13.6. The molecule has 1 amide bonds. The van der Waals surface area contributed by atoms with Crippen molar-refractivity contribution in [1.29, 1.82) is 0 Å². The summed E-state index contributed by atoms with van der Waals surface area (Å²) < 4.78 is 15.5. The van der Waals surface area contributed by atoms with Gasteiger partial charge in [0.2, 0.25) is 5.91 Å². The van der Waals surface area contributed by atoms with Crippen LogP contribution in [0.5, 0.6) is 0 Å². The maximum atomic E-state index is 13.6. The van der Waals surface area contributed by atoms with Gasteiger partial charge in [-0.1, -0.05) is 48.0 Å². The molecule has 0 aliphatic heterocycles. The van der Waals surface area contributed by atoms with Crippen molar-refractivity contribution in [3.05, 3.63) is 93.5 Å². The Labute approximate surface area is 168 Å². The molecular formula is C22H21ClFN3O. The van der Waals surface area contributed by atoms with E-state index in [1.807, 2.05) is 42.8 Å². The number of carbonyl (C=O) groups excluding carboxylic acids is 1. The Kier molecular flexibility index (Phi) is 6.26. The zero-order valence-electron chi connectivity index (χ0n) is 15.7. The van der Waals surface area contributed by atoms with Crippen molar-refractivity contribution < 1.29 is 9.18 Å². The van der Waals surface area contributed by atoms with Crippen LogP contribution < -0.4 is 5.32 Å². The molecule has 28 heavy (non-hydrogen) atoms. The third-order valence-corrected chi connectivity index (χ3v) is 4.90. The highest BCUT2D eigenvalue weighted by molar-refractivity contribution is 6.31. The largest absolute Gasteiger partial charge is 0.348 e. The van der Waals surface area contributed by atoms with Gasteiger partial charge in [-0.25, -0.2) is 4.39 Å². The second-order valence-electron chi connectivity index (χ2n) is 6.48. The van der Waals surface area contributed by atoms with Crippen LogP contribution in [-0.2, 0) is 17.9 Å². The topological polar surface area (TPSA) is 46.9 Å². The van der Waals surface area contributed by atoms with Crippen LogP contribution in [0.4, 0.5) is 4.39 Å². The van der Waals surface area contributed by atoms with Crippen LogP contribution in [0.1, 0.15) is 28.1 Å². The van der Waals surface area contributed by atoms with Crippen molar-refractivity contribution in [3.63, 3.8) is 0 Å². The van der Waals surface area contributed by atoms with Gasteiger partial charge >= 0.3 is 0 Å². The summed E-state index contributed by atoms with van der Waals surface area (Å²) in [4.78, 5) is 12.1. The van der Waals surface area contributed by atoms with E-state index < -0.39 is 0 Å². The lowest BCUT2D eigenvalue weighted by Crippen LogP contribution is -2.20. The molecule has 0 unspecified atom stereocenters. The van der Waals surface area contributed by atoms with E-state index in [-0.39, 0.29) is 18.3 Å². The number of hydrogen-bond acceptors (Lipinski definition) is 2. The zero-order valence-corrected chi connectivity index (χ0v) is 16.5. The molecule has 0 aliphatic rings. The van der Waals surface area contributed by atoms with Gasteiger partial charge in [-0.05, 0) is 37.6 Å². The van der Waals surface area contributed by atoms with E-state index in [2.05, 4.69) is 10.4 Å². The fraction of sp³-hybridized carbons (Fsp3) is 0.182. The molecule has 3 aromatic rings. The number of hydrogen-bond donors (Lipinski definition) is 1. The third-order valence-electron chi connectivity index (χ3n) is 4.53. The molecule has 0 spiro atoms. The molecule has 3 rings (SSSR count). The van der Waals surface area contributed by atoms with Crippen molar-refractivity contribution in [2.75, 3.05) is 0 Å². The van der Waals surface area contributed by atoms with Crippen LogP contribution in [0.2, 0.25) is 5.02 Å². The Morgan fingerprint density at radius 1 is 1.14 bits per heavy atom. The Morgan fingerprint density at radius 2 is 1.82 bits per heavy atom. The summed E-state index contributed by atoms with van der Waals surface area (Å²) in [6.07, 6.45) is 3.18. The molecule has 0 fully saturated rings. The minimum Gasteiger partial charge on any atom is -0.348 e. The fourth-order valence-electron chi connectivity index (χ4n) is 2.94. The molecule has 2 aromatic carbocycles. The molecule has 1 N–H and O–H groups in total. The van der Waals surface area contributed by atoms with Gasteiger partial charge in [-0.2, -0.15) is 5.10 Å². The Hall–Kier alpha value is -2.92. The number of benzene rings is 2. The number of nitrogens with zero attached hydrogens (tertiary/aromatic N) is 2. The molecule has 4 nitrogen and oxygen atoms in total. The normalized spacial score (nSPS) is 11.1. The first-order valence-corrected chi connectivity index (χ1v) is 9.30. The summed E-state index contributed by atoms with van der Waals surface area (Å²) in [6, 6.07) is 14.0. The highest BCUT2D eigenvalue weighted by Gasteiger charge is 2.11. The Balaban J connectivity index is 1.68. The Bertz CT molecular complexity index is 1030. The highest BCUT2D eigenvalue weighted by atomic mass is 35.5. The predicted molar refractivity (Wildman–Crippen MR) is 110 cm³/mol. The average molecular weight is 398 g/mol. The second-order valence-corrected chi connectivity index (χ2v) is 6.88. The lowest BCUT2D eigenvalue weighted by Gasteiger charge is -2.06. The number of nitrogens with one attached hydrogen (secondary N) is 1. The van der Waals surface area contributed by atoms with Gasteiger partial charge in [-0.3, -0.25) is 9.48 Å². The van der Waals surface area contributed by atoms with Crippen LogP contribution in [0.25, 0.3) is 6.08 Å². The molecule has 1 aromatic heterocycles. The van der Waals surface area contributed by atoms with Crippen molar-refractivity contribution >= 4 is 23.6 Å². The van der Waals surface area contributed by atoms with Crippen molar-refractivity contribution in [1.82, 2.24) is 15.1 Å². The van der Waals surface area contributed by atoms with Crippen LogP contribution in [-0.4, -0.2) is 15.7 Å². The van der Waals surface area contributed by atoms with Crippen LogP contribution in [0, 0.1) is 19.7 Å². The smallest absolute Gasteiger partial charge is 0.244 e. The number of aryl methyl sites for hydroxylation is 1. The van der Waals surface area contributed by atoms with Gasteiger partial charge in [0.25, 0.3) is 0 Å². The van der Waals surface area contributed by atoms with Gasteiger partial charge in [0.05, 0.1) is 12.2 Å².